The summed E-state index contributed by atoms with van der Waals surface area (Å²) in [6.07, 6.45) is 3.43. The van der Waals surface area contributed by atoms with Crippen molar-refractivity contribution in [3.8, 4) is 0 Å². The summed E-state index contributed by atoms with van der Waals surface area (Å²) in [4.78, 5) is 12.1. The number of hydrogen-bond donors (Lipinski definition) is 1. The van der Waals surface area contributed by atoms with Gasteiger partial charge in [0.25, 0.3) is 10.2 Å². The average molecular weight is 398 g/mol. The number of carbonyl (C=O) groups is 1. The van der Waals surface area contributed by atoms with Gasteiger partial charge in [0, 0.05) is 52.9 Å². The molecule has 152 valence electrons. The first-order valence-electron chi connectivity index (χ1n) is 9.49. The number of ether oxygens (including phenoxy) is 1. The molecule has 0 atom stereocenters. The van der Waals surface area contributed by atoms with Crippen LogP contribution in [0.2, 0.25) is 0 Å². The van der Waals surface area contributed by atoms with Gasteiger partial charge >= 0.3 is 0 Å². The molecule has 0 saturated carbocycles. The van der Waals surface area contributed by atoms with Crippen molar-refractivity contribution in [1.82, 2.24) is 13.9 Å². The summed E-state index contributed by atoms with van der Waals surface area (Å²) in [5.41, 5.74) is 1.22. The second kappa shape index (κ2) is 10.8. The van der Waals surface area contributed by atoms with Crippen LogP contribution in [0.15, 0.2) is 30.3 Å². The minimum absolute atomic E-state index is 0.0416. The highest BCUT2D eigenvalue weighted by atomic mass is 32.2. The molecular weight excluding hydrogens is 366 g/mol. The molecule has 0 aliphatic carbocycles. The third-order valence-corrected chi connectivity index (χ3v) is 6.72. The van der Waals surface area contributed by atoms with Gasteiger partial charge in [0.15, 0.2) is 0 Å². The second-order valence-electron chi connectivity index (χ2n) is 6.93. The van der Waals surface area contributed by atoms with E-state index in [2.05, 4.69) is 17.4 Å². The molecule has 1 fully saturated rings. The molecule has 7 nitrogen and oxygen atoms in total. The Morgan fingerprint density at radius 2 is 1.85 bits per heavy atom. The Kier molecular flexibility index (Phi) is 8.69. The molecule has 1 aromatic rings. The molecule has 0 aromatic heterocycles. The molecule has 0 radical (unpaired) electrons. The van der Waals surface area contributed by atoms with Crippen molar-refractivity contribution in [3.05, 3.63) is 35.9 Å². The average Bonchev–Trinajstić information content (AvgIpc) is 2.66. The SMILES string of the molecule is CN(C)S(=O)(=O)N(CCNC(=O)CCCc1ccccc1)C1CCOCC1. The van der Waals surface area contributed by atoms with Crippen molar-refractivity contribution in [1.29, 1.82) is 0 Å². The molecule has 1 N–H and O–H groups in total. The summed E-state index contributed by atoms with van der Waals surface area (Å²) in [5, 5.41) is 2.85. The van der Waals surface area contributed by atoms with Crippen LogP contribution in [0.1, 0.15) is 31.2 Å². The lowest BCUT2D eigenvalue weighted by molar-refractivity contribution is -0.121. The van der Waals surface area contributed by atoms with E-state index < -0.39 is 10.2 Å². The number of rotatable bonds is 10. The smallest absolute Gasteiger partial charge is 0.281 e. The van der Waals surface area contributed by atoms with Gasteiger partial charge in [0.05, 0.1) is 0 Å². The van der Waals surface area contributed by atoms with E-state index in [1.54, 1.807) is 0 Å². The van der Waals surface area contributed by atoms with E-state index in [0.29, 0.717) is 39.0 Å². The molecule has 1 aliphatic rings. The highest BCUT2D eigenvalue weighted by Gasteiger charge is 2.32. The van der Waals surface area contributed by atoms with Gasteiger partial charge in [-0.3, -0.25) is 4.79 Å². The number of carbonyl (C=O) groups excluding carboxylic acids is 1. The van der Waals surface area contributed by atoms with Gasteiger partial charge in [-0.25, -0.2) is 0 Å². The third-order valence-electron chi connectivity index (χ3n) is 4.72. The summed E-state index contributed by atoms with van der Waals surface area (Å²) in [6, 6.07) is 9.98. The number of aryl methyl sites for hydroxylation is 1. The van der Waals surface area contributed by atoms with Gasteiger partial charge in [-0.2, -0.15) is 17.0 Å². The van der Waals surface area contributed by atoms with E-state index in [-0.39, 0.29) is 18.5 Å². The Labute approximate surface area is 162 Å². The van der Waals surface area contributed by atoms with Gasteiger partial charge in [-0.15, -0.1) is 0 Å². The van der Waals surface area contributed by atoms with Crippen molar-refractivity contribution in [2.45, 2.75) is 38.1 Å². The first-order chi connectivity index (χ1) is 12.9. The van der Waals surface area contributed by atoms with E-state index >= 15 is 0 Å². The number of nitrogens with zero attached hydrogens (tertiary/aromatic N) is 2. The number of amides is 1. The predicted molar refractivity (Wildman–Crippen MR) is 106 cm³/mol. The molecule has 0 spiro atoms. The molecule has 0 unspecified atom stereocenters. The highest BCUT2D eigenvalue weighted by Crippen LogP contribution is 2.19. The standard InChI is InChI=1S/C19H31N3O4S/c1-21(2)27(24,25)22(18-11-15-26-16-12-18)14-13-20-19(23)10-6-9-17-7-4-3-5-8-17/h3-5,7-8,18H,6,9-16H2,1-2H3,(H,20,23). The zero-order chi connectivity index (χ0) is 19.7. The fraction of sp³-hybridized carbons (Fsp3) is 0.632. The predicted octanol–water partition coefficient (Wildman–Crippen LogP) is 1.41. The molecule has 1 heterocycles. The number of hydrogen-bond acceptors (Lipinski definition) is 4. The number of benzene rings is 1. The summed E-state index contributed by atoms with van der Waals surface area (Å²) < 4.78 is 33.3. The van der Waals surface area contributed by atoms with Crippen LogP contribution in [-0.2, 0) is 26.2 Å². The topological polar surface area (TPSA) is 79.0 Å². The van der Waals surface area contributed by atoms with Crippen molar-refractivity contribution < 1.29 is 17.9 Å². The fourth-order valence-corrected chi connectivity index (χ4v) is 4.49. The Balaban J connectivity index is 1.79. The van der Waals surface area contributed by atoms with Crippen molar-refractivity contribution in [3.63, 3.8) is 0 Å². The van der Waals surface area contributed by atoms with E-state index in [9.17, 15) is 13.2 Å². The monoisotopic (exact) mass is 397 g/mol. The summed E-state index contributed by atoms with van der Waals surface area (Å²) >= 11 is 0. The van der Waals surface area contributed by atoms with Gasteiger partial charge in [0.2, 0.25) is 5.91 Å². The molecule has 8 heteroatoms. The van der Waals surface area contributed by atoms with E-state index in [1.807, 2.05) is 18.2 Å². The molecule has 1 aromatic carbocycles. The molecule has 2 rings (SSSR count). The molecule has 1 saturated heterocycles. The van der Waals surface area contributed by atoms with Crippen LogP contribution < -0.4 is 5.32 Å². The van der Waals surface area contributed by atoms with Gasteiger partial charge in [0.1, 0.15) is 0 Å². The Hall–Kier alpha value is -1.48. The van der Waals surface area contributed by atoms with Crippen LogP contribution in [-0.4, -0.2) is 69.4 Å². The molecule has 0 bridgehead atoms. The highest BCUT2D eigenvalue weighted by molar-refractivity contribution is 7.86. The largest absolute Gasteiger partial charge is 0.381 e. The zero-order valence-corrected chi connectivity index (χ0v) is 17.1. The van der Waals surface area contributed by atoms with E-state index in [4.69, 9.17) is 4.74 Å². The van der Waals surface area contributed by atoms with Crippen LogP contribution >= 0.6 is 0 Å². The Bertz CT molecular complexity index is 673. The number of nitrogens with one attached hydrogen (secondary N) is 1. The summed E-state index contributed by atoms with van der Waals surface area (Å²) in [7, 11) is -0.467. The first-order valence-corrected chi connectivity index (χ1v) is 10.9. The van der Waals surface area contributed by atoms with Crippen molar-refractivity contribution in [2.24, 2.45) is 0 Å². The fourth-order valence-electron chi connectivity index (χ4n) is 3.16. The maximum absolute atomic E-state index is 12.6. The molecule has 1 amide bonds. The quantitative estimate of drug-likeness (QED) is 0.648. The van der Waals surface area contributed by atoms with E-state index in [0.717, 1.165) is 12.8 Å². The normalized spacial score (nSPS) is 16.0. The minimum Gasteiger partial charge on any atom is -0.381 e. The van der Waals surface area contributed by atoms with Gasteiger partial charge in [-0.1, -0.05) is 30.3 Å². The summed E-state index contributed by atoms with van der Waals surface area (Å²) in [6.45, 7) is 1.72. The lowest BCUT2D eigenvalue weighted by Gasteiger charge is -2.34. The van der Waals surface area contributed by atoms with Gasteiger partial charge in [-0.05, 0) is 31.2 Å². The third kappa shape index (κ3) is 6.88. The molecule has 1 aliphatic heterocycles. The van der Waals surface area contributed by atoms with E-state index in [1.165, 1.54) is 28.3 Å². The Morgan fingerprint density at radius 3 is 2.48 bits per heavy atom. The van der Waals surface area contributed by atoms with Crippen molar-refractivity contribution in [2.75, 3.05) is 40.4 Å². The molecule has 27 heavy (non-hydrogen) atoms. The van der Waals surface area contributed by atoms with Crippen molar-refractivity contribution >= 4 is 16.1 Å². The van der Waals surface area contributed by atoms with Crippen LogP contribution in [0, 0.1) is 0 Å². The maximum Gasteiger partial charge on any atom is 0.281 e. The van der Waals surface area contributed by atoms with Crippen LogP contribution in [0.4, 0.5) is 0 Å². The van der Waals surface area contributed by atoms with Crippen LogP contribution in [0.3, 0.4) is 0 Å². The summed E-state index contributed by atoms with van der Waals surface area (Å²) in [5.74, 6) is -0.0416. The van der Waals surface area contributed by atoms with Crippen LogP contribution in [0.25, 0.3) is 0 Å². The maximum atomic E-state index is 12.6. The lowest BCUT2D eigenvalue weighted by atomic mass is 10.1. The lowest BCUT2D eigenvalue weighted by Crippen LogP contribution is -2.50. The second-order valence-corrected chi connectivity index (χ2v) is 9.03. The Morgan fingerprint density at radius 1 is 1.19 bits per heavy atom. The molecular formula is C19H31N3O4S. The minimum atomic E-state index is -3.53. The zero-order valence-electron chi connectivity index (χ0n) is 16.3. The first kappa shape index (κ1) is 21.8. The van der Waals surface area contributed by atoms with Crippen LogP contribution in [0.5, 0.6) is 0 Å². The van der Waals surface area contributed by atoms with Gasteiger partial charge < -0.3 is 10.1 Å².